The molecular weight excluding hydrogens is 237 g/mol. The first kappa shape index (κ1) is 13.8. The molecule has 2 aromatic carbocycles. The van der Waals surface area contributed by atoms with Gasteiger partial charge in [-0.2, -0.15) is 0 Å². The summed E-state index contributed by atoms with van der Waals surface area (Å²) >= 11 is 0. The second kappa shape index (κ2) is 5.98. The molecular formula is C17H20FN. The van der Waals surface area contributed by atoms with Gasteiger partial charge in [0, 0.05) is 12.0 Å². The minimum atomic E-state index is -0.147. The minimum Gasteiger partial charge on any atom is -0.312 e. The zero-order valence-electron chi connectivity index (χ0n) is 11.7. The summed E-state index contributed by atoms with van der Waals surface area (Å²) in [5.41, 5.74) is 3.10. The molecule has 100 valence electrons. The fourth-order valence-electron chi connectivity index (χ4n) is 2.52. The number of benzene rings is 2. The first-order valence-corrected chi connectivity index (χ1v) is 6.61. The van der Waals surface area contributed by atoms with Crippen molar-refractivity contribution < 1.29 is 4.39 Å². The van der Waals surface area contributed by atoms with Crippen molar-refractivity contribution in [2.24, 2.45) is 0 Å². The molecule has 2 aromatic rings. The molecule has 2 heteroatoms. The molecule has 0 aromatic heterocycles. The highest BCUT2D eigenvalue weighted by Gasteiger charge is 2.19. The van der Waals surface area contributed by atoms with Crippen LogP contribution in [0.5, 0.6) is 0 Å². The molecule has 0 bridgehead atoms. The van der Waals surface area contributed by atoms with Gasteiger partial charge < -0.3 is 5.32 Å². The lowest BCUT2D eigenvalue weighted by atomic mass is 9.88. The Kier molecular flexibility index (Phi) is 4.33. The third-order valence-corrected chi connectivity index (χ3v) is 3.68. The molecule has 0 radical (unpaired) electrons. The summed E-state index contributed by atoms with van der Waals surface area (Å²) in [5, 5.41) is 3.34. The van der Waals surface area contributed by atoms with Crippen LogP contribution in [-0.2, 0) is 0 Å². The van der Waals surface area contributed by atoms with E-state index in [0.29, 0.717) is 11.5 Å². The van der Waals surface area contributed by atoms with Gasteiger partial charge in [-0.05, 0) is 36.7 Å². The van der Waals surface area contributed by atoms with Crippen molar-refractivity contribution in [1.29, 1.82) is 0 Å². The van der Waals surface area contributed by atoms with Crippen molar-refractivity contribution in [2.75, 3.05) is 7.05 Å². The maximum absolute atomic E-state index is 13.4. The molecule has 0 fully saturated rings. The Labute approximate surface area is 114 Å². The normalized spacial score (nSPS) is 14.1. The van der Waals surface area contributed by atoms with E-state index in [1.807, 2.05) is 25.2 Å². The molecule has 0 heterocycles. The number of rotatable bonds is 4. The molecule has 0 aliphatic carbocycles. The Balaban J connectivity index is 2.31. The number of halogens is 1. The van der Waals surface area contributed by atoms with Crippen LogP contribution in [0.1, 0.15) is 35.6 Å². The molecule has 0 saturated heterocycles. The Morgan fingerprint density at radius 1 is 1.00 bits per heavy atom. The van der Waals surface area contributed by atoms with Crippen LogP contribution in [0.2, 0.25) is 0 Å². The lowest BCUT2D eigenvalue weighted by molar-refractivity contribution is 0.506. The van der Waals surface area contributed by atoms with Crippen molar-refractivity contribution in [3.05, 3.63) is 71.0 Å². The maximum atomic E-state index is 13.4. The third kappa shape index (κ3) is 3.02. The van der Waals surface area contributed by atoms with Gasteiger partial charge in [-0.1, -0.05) is 49.4 Å². The van der Waals surface area contributed by atoms with Gasteiger partial charge in [-0.3, -0.25) is 0 Å². The first-order chi connectivity index (χ1) is 9.13. The molecule has 19 heavy (non-hydrogen) atoms. The second-order valence-electron chi connectivity index (χ2n) is 4.97. The van der Waals surface area contributed by atoms with Gasteiger partial charge in [0.25, 0.3) is 0 Å². The van der Waals surface area contributed by atoms with E-state index in [1.165, 1.54) is 5.56 Å². The van der Waals surface area contributed by atoms with E-state index in [1.54, 1.807) is 13.0 Å². The van der Waals surface area contributed by atoms with Gasteiger partial charge in [-0.25, -0.2) is 4.39 Å². The van der Waals surface area contributed by atoms with Crippen molar-refractivity contribution in [2.45, 2.75) is 25.8 Å². The second-order valence-corrected chi connectivity index (χ2v) is 4.97. The maximum Gasteiger partial charge on any atom is 0.126 e. The molecule has 0 spiro atoms. The summed E-state index contributed by atoms with van der Waals surface area (Å²) in [6, 6.07) is 15.9. The van der Waals surface area contributed by atoms with E-state index in [-0.39, 0.29) is 11.9 Å². The van der Waals surface area contributed by atoms with Crippen molar-refractivity contribution in [3.8, 4) is 0 Å². The van der Waals surface area contributed by atoms with E-state index >= 15 is 0 Å². The Morgan fingerprint density at radius 3 is 2.26 bits per heavy atom. The van der Waals surface area contributed by atoms with Crippen molar-refractivity contribution in [3.63, 3.8) is 0 Å². The first-order valence-electron chi connectivity index (χ1n) is 6.61. The van der Waals surface area contributed by atoms with Gasteiger partial charge in [0.2, 0.25) is 0 Å². The summed E-state index contributed by atoms with van der Waals surface area (Å²) in [5.74, 6) is 0.182. The van der Waals surface area contributed by atoms with E-state index in [4.69, 9.17) is 0 Å². The van der Waals surface area contributed by atoms with Crippen LogP contribution in [0.4, 0.5) is 4.39 Å². The fraction of sp³-hybridized carbons (Fsp3) is 0.294. The van der Waals surface area contributed by atoms with E-state index in [9.17, 15) is 4.39 Å². The summed E-state index contributed by atoms with van der Waals surface area (Å²) in [4.78, 5) is 0. The standard InChI is InChI=1S/C17H20FN/c1-12-11-15(9-10-16(12)18)17(19-3)13(2)14-7-5-4-6-8-14/h4-11,13,17,19H,1-3H3. The monoisotopic (exact) mass is 257 g/mol. The third-order valence-electron chi connectivity index (χ3n) is 3.68. The highest BCUT2D eigenvalue weighted by molar-refractivity contribution is 5.30. The predicted octanol–water partition coefficient (Wildman–Crippen LogP) is 4.20. The van der Waals surface area contributed by atoms with Crippen molar-refractivity contribution in [1.82, 2.24) is 5.32 Å². The average Bonchev–Trinajstić information content (AvgIpc) is 2.44. The topological polar surface area (TPSA) is 12.0 Å². The lowest BCUT2D eigenvalue weighted by Crippen LogP contribution is -2.22. The van der Waals surface area contributed by atoms with Crippen LogP contribution >= 0.6 is 0 Å². The Hall–Kier alpha value is -1.67. The summed E-state index contributed by atoms with van der Waals surface area (Å²) in [6.45, 7) is 3.99. The molecule has 1 N–H and O–H groups in total. The largest absolute Gasteiger partial charge is 0.312 e. The average molecular weight is 257 g/mol. The van der Waals surface area contributed by atoms with Crippen LogP contribution in [0.15, 0.2) is 48.5 Å². The quantitative estimate of drug-likeness (QED) is 0.865. The van der Waals surface area contributed by atoms with Crippen LogP contribution in [0.3, 0.4) is 0 Å². The highest BCUT2D eigenvalue weighted by atomic mass is 19.1. The van der Waals surface area contributed by atoms with Crippen LogP contribution in [0, 0.1) is 12.7 Å². The van der Waals surface area contributed by atoms with E-state index in [2.05, 4.69) is 36.5 Å². The summed E-state index contributed by atoms with van der Waals surface area (Å²) < 4.78 is 13.4. The zero-order chi connectivity index (χ0) is 13.8. The number of likely N-dealkylation sites (N-methyl/N-ethyl adjacent to an activating group) is 1. The fourth-order valence-corrected chi connectivity index (χ4v) is 2.52. The molecule has 2 unspecified atom stereocenters. The molecule has 0 amide bonds. The number of aryl methyl sites for hydroxylation is 1. The van der Waals surface area contributed by atoms with Crippen molar-refractivity contribution >= 4 is 0 Å². The molecule has 2 atom stereocenters. The molecule has 0 aliphatic heterocycles. The van der Waals surface area contributed by atoms with E-state index in [0.717, 1.165) is 5.56 Å². The van der Waals surface area contributed by atoms with Gasteiger partial charge in [0.15, 0.2) is 0 Å². The van der Waals surface area contributed by atoms with Crippen LogP contribution in [0.25, 0.3) is 0 Å². The molecule has 1 nitrogen and oxygen atoms in total. The SMILES string of the molecule is CNC(c1ccc(F)c(C)c1)C(C)c1ccccc1. The molecule has 0 aliphatic rings. The van der Waals surface area contributed by atoms with Gasteiger partial charge in [0.1, 0.15) is 5.82 Å². The number of hydrogen-bond donors (Lipinski definition) is 1. The smallest absolute Gasteiger partial charge is 0.126 e. The van der Waals surface area contributed by atoms with Crippen LogP contribution < -0.4 is 5.32 Å². The highest BCUT2D eigenvalue weighted by Crippen LogP contribution is 2.30. The van der Waals surface area contributed by atoms with Gasteiger partial charge in [0.05, 0.1) is 0 Å². The Morgan fingerprint density at radius 2 is 1.68 bits per heavy atom. The van der Waals surface area contributed by atoms with Gasteiger partial charge in [-0.15, -0.1) is 0 Å². The minimum absolute atomic E-state index is 0.147. The van der Waals surface area contributed by atoms with Gasteiger partial charge >= 0.3 is 0 Å². The van der Waals surface area contributed by atoms with Crippen LogP contribution in [-0.4, -0.2) is 7.05 Å². The number of hydrogen-bond acceptors (Lipinski definition) is 1. The molecule has 2 rings (SSSR count). The predicted molar refractivity (Wildman–Crippen MR) is 77.8 cm³/mol. The summed E-state index contributed by atoms with van der Waals surface area (Å²) in [6.07, 6.45) is 0. The van der Waals surface area contributed by atoms with E-state index < -0.39 is 0 Å². The zero-order valence-corrected chi connectivity index (χ0v) is 11.7. The summed E-state index contributed by atoms with van der Waals surface area (Å²) in [7, 11) is 1.95. The number of nitrogens with one attached hydrogen (secondary N) is 1. The molecule has 0 saturated carbocycles. The Bertz CT molecular complexity index is 536. The lowest BCUT2D eigenvalue weighted by Gasteiger charge is -2.25.